The van der Waals surface area contributed by atoms with Gasteiger partial charge in [0.15, 0.2) is 5.69 Å². The quantitative estimate of drug-likeness (QED) is 0.899. The molecule has 6 heteroatoms. The third-order valence-corrected chi connectivity index (χ3v) is 3.78. The molecule has 21 heavy (non-hydrogen) atoms. The van der Waals surface area contributed by atoms with E-state index in [4.69, 9.17) is 4.74 Å². The van der Waals surface area contributed by atoms with E-state index < -0.39 is 0 Å². The summed E-state index contributed by atoms with van der Waals surface area (Å²) in [5.74, 6) is -0.163. The van der Waals surface area contributed by atoms with Gasteiger partial charge in [-0.05, 0) is 12.5 Å². The maximum absolute atomic E-state index is 12.7. The molecule has 0 spiro atoms. The Hall–Kier alpha value is -2.21. The molecule has 1 fully saturated rings. The lowest BCUT2D eigenvalue weighted by Gasteiger charge is -2.32. The Morgan fingerprint density at radius 1 is 1.43 bits per heavy atom. The number of hydrogen-bond donors (Lipinski definition) is 1. The largest absolute Gasteiger partial charge is 0.375 e. The second-order valence-corrected chi connectivity index (χ2v) is 5.10. The fourth-order valence-corrected chi connectivity index (χ4v) is 2.58. The minimum Gasteiger partial charge on any atom is -0.375 e. The number of morpholine rings is 1. The number of amides is 1. The van der Waals surface area contributed by atoms with Crippen molar-refractivity contribution >= 4 is 16.7 Å². The molecule has 2 aromatic rings. The van der Waals surface area contributed by atoms with Crippen molar-refractivity contribution in [2.24, 2.45) is 0 Å². The van der Waals surface area contributed by atoms with Gasteiger partial charge in [-0.1, -0.05) is 25.1 Å². The lowest BCUT2D eigenvalue weighted by atomic mass is 10.1. The highest BCUT2D eigenvalue weighted by molar-refractivity contribution is 6.04. The minimum absolute atomic E-state index is 0.0664. The van der Waals surface area contributed by atoms with E-state index in [1.807, 2.05) is 6.92 Å². The number of hydrogen-bond acceptors (Lipinski definition) is 4. The van der Waals surface area contributed by atoms with Crippen molar-refractivity contribution in [2.75, 3.05) is 19.7 Å². The molecule has 1 aromatic carbocycles. The Labute approximate surface area is 121 Å². The van der Waals surface area contributed by atoms with Crippen LogP contribution in [0.4, 0.5) is 0 Å². The summed E-state index contributed by atoms with van der Waals surface area (Å²) in [5.41, 5.74) is 0.0116. The van der Waals surface area contributed by atoms with E-state index in [1.165, 1.54) is 0 Å². The van der Waals surface area contributed by atoms with E-state index in [0.29, 0.717) is 36.2 Å². The van der Waals surface area contributed by atoms with Gasteiger partial charge < -0.3 is 9.64 Å². The molecule has 1 aliphatic rings. The van der Waals surface area contributed by atoms with Crippen molar-refractivity contribution in [3.05, 3.63) is 40.3 Å². The summed E-state index contributed by atoms with van der Waals surface area (Å²) in [6, 6.07) is 7.02. The summed E-state index contributed by atoms with van der Waals surface area (Å²) in [6.07, 6.45) is 0.931. The molecule has 0 aliphatic carbocycles. The summed E-state index contributed by atoms with van der Waals surface area (Å²) in [6.45, 7) is 3.67. The zero-order valence-corrected chi connectivity index (χ0v) is 11.8. The van der Waals surface area contributed by atoms with Gasteiger partial charge in [0.25, 0.3) is 11.5 Å². The van der Waals surface area contributed by atoms with E-state index in [0.717, 1.165) is 6.42 Å². The van der Waals surface area contributed by atoms with Crippen molar-refractivity contribution in [1.29, 1.82) is 0 Å². The first-order valence-corrected chi connectivity index (χ1v) is 7.09. The summed E-state index contributed by atoms with van der Waals surface area (Å²) >= 11 is 0. The van der Waals surface area contributed by atoms with Crippen LogP contribution in [0.15, 0.2) is 29.1 Å². The van der Waals surface area contributed by atoms with E-state index in [-0.39, 0.29) is 17.6 Å². The molecule has 1 atom stereocenters. The molecular weight excluding hydrogens is 270 g/mol. The zero-order chi connectivity index (χ0) is 14.8. The molecule has 3 rings (SSSR count). The Morgan fingerprint density at radius 3 is 2.95 bits per heavy atom. The summed E-state index contributed by atoms with van der Waals surface area (Å²) in [5, 5.41) is 7.44. The van der Waals surface area contributed by atoms with E-state index in [2.05, 4.69) is 10.2 Å². The summed E-state index contributed by atoms with van der Waals surface area (Å²) in [7, 11) is 0. The Bertz CT molecular complexity index is 725. The smallest absolute Gasteiger partial charge is 0.275 e. The van der Waals surface area contributed by atoms with Crippen molar-refractivity contribution < 1.29 is 9.53 Å². The van der Waals surface area contributed by atoms with Gasteiger partial charge in [0.05, 0.1) is 18.1 Å². The standard InChI is InChI=1S/C15H17N3O3/c1-2-10-9-18(7-8-21-10)15(20)13-11-5-3-4-6-12(11)14(19)17-16-13/h3-6,10H,2,7-9H2,1H3,(H,17,19). The molecule has 6 nitrogen and oxygen atoms in total. The highest BCUT2D eigenvalue weighted by Crippen LogP contribution is 2.16. The first kappa shape index (κ1) is 13.8. The summed E-state index contributed by atoms with van der Waals surface area (Å²) in [4.78, 5) is 26.2. The predicted molar refractivity (Wildman–Crippen MR) is 78.3 cm³/mol. The average molecular weight is 287 g/mol. The number of carbonyl (C=O) groups excluding carboxylic acids is 1. The molecule has 1 aliphatic heterocycles. The molecule has 0 saturated carbocycles. The monoisotopic (exact) mass is 287 g/mol. The maximum atomic E-state index is 12.7. The van der Waals surface area contributed by atoms with Gasteiger partial charge in [0.2, 0.25) is 0 Å². The van der Waals surface area contributed by atoms with E-state index in [9.17, 15) is 9.59 Å². The number of rotatable bonds is 2. The van der Waals surface area contributed by atoms with Gasteiger partial charge in [0, 0.05) is 18.5 Å². The van der Waals surface area contributed by atoms with Crippen molar-refractivity contribution in [3.8, 4) is 0 Å². The first-order valence-electron chi connectivity index (χ1n) is 7.09. The molecule has 1 aromatic heterocycles. The van der Waals surface area contributed by atoms with E-state index in [1.54, 1.807) is 29.2 Å². The van der Waals surface area contributed by atoms with Crippen LogP contribution < -0.4 is 5.56 Å². The highest BCUT2D eigenvalue weighted by Gasteiger charge is 2.26. The van der Waals surface area contributed by atoms with Gasteiger partial charge in [-0.2, -0.15) is 5.10 Å². The van der Waals surface area contributed by atoms with Gasteiger partial charge in [-0.15, -0.1) is 0 Å². The minimum atomic E-state index is -0.282. The van der Waals surface area contributed by atoms with Gasteiger partial charge in [0.1, 0.15) is 0 Å². The van der Waals surface area contributed by atoms with Gasteiger partial charge in [-0.25, -0.2) is 5.10 Å². The predicted octanol–water partition coefficient (Wildman–Crippen LogP) is 1.17. The molecular formula is C15H17N3O3. The number of carbonyl (C=O) groups is 1. The van der Waals surface area contributed by atoms with Gasteiger partial charge in [-0.3, -0.25) is 9.59 Å². The molecule has 1 saturated heterocycles. The second kappa shape index (κ2) is 5.65. The number of ether oxygens (including phenoxy) is 1. The van der Waals surface area contributed by atoms with Gasteiger partial charge >= 0.3 is 0 Å². The lowest BCUT2D eigenvalue weighted by Crippen LogP contribution is -2.45. The van der Waals surface area contributed by atoms with Crippen molar-refractivity contribution in [2.45, 2.75) is 19.4 Å². The average Bonchev–Trinajstić information content (AvgIpc) is 2.55. The van der Waals surface area contributed by atoms with Crippen molar-refractivity contribution in [1.82, 2.24) is 15.1 Å². The van der Waals surface area contributed by atoms with Crippen molar-refractivity contribution in [3.63, 3.8) is 0 Å². The van der Waals surface area contributed by atoms with Crippen LogP contribution in [0.1, 0.15) is 23.8 Å². The molecule has 2 heterocycles. The molecule has 1 amide bonds. The first-order chi connectivity index (χ1) is 10.2. The topological polar surface area (TPSA) is 75.3 Å². The number of benzene rings is 1. The number of nitrogens with one attached hydrogen (secondary N) is 1. The van der Waals surface area contributed by atoms with E-state index >= 15 is 0 Å². The van der Waals surface area contributed by atoms with Crippen LogP contribution in [-0.4, -0.2) is 46.8 Å². The third kappa shape index (κ3) is 2.54. The van der Waals surface area contributed by atoms with Crippen LogP contribution in [0.5, 0.6) is 0 Å². The van der Waals surface area contributed by atoms with Crippen LogP contribution in [0.3, 0.4) is 0 Å². The third-order valence-electron chi connectivity index (χ3n) is 3.78. The molecule has 1 unspecified atom stereocenters. The maximum Gasteiger partial charge on any atom is 0.275 e. The second-order valence-electron chi connectivity index (χ2n) is 5.10. The fraction of sp³-hybridized carbons (Fsp3) is 0.400. The van der Waals surface area contributed by atoms with Crippen LogP contribution >= 0.6 is 0 Å². The fourth-order valence-electron chi connectivity index (χ4n) is 2.58. The molecule has 0 bridgehead atoms. The number of aromatic amines is 1. The number of nitrogens with zero attached hydrogens (tertiary/aromatic N) is 2. The van der Waals surface area contributed by atoms with Crippen LogP contribution in [0.25, 0.3) is 10.8 Å². The number of fused-ring (bicyclic) bond motifs is 1. The highest BCUT2D eigenvalue weighted by atomic mass is 16.5. The van der Waals surface area contributed by atoms with Crippen LogP contribution in [0, 0.1) is 0 Å². The Balaban J connectivity index is 1.98. The SMILES string of the molecule is CCC1CN(C(=O)c2n[nH]c(=O)c3ccccc23)CCO1. The molecule has 1 N–H and O–H groups in total. The summed E-state index contributed by atoms with van der Waals surface area (Å²) < 4.78 is 5.58. The van der Waals surface area contributed by atoms with Crippen LogP contribution in [-0.2, 0) is 4.74 Å². The Morgan fingerprint density at radius 2 is 2.19 bits per heavy atom. The number of H-pyrrole nitrogens is 1. The number of aromatic nitrogens is 2. The molecule has 0 radical (unpaired) electrons. The normalized spacial score (nSPS) is 18.9. The zero-order valence-electron chi connectivity index (χ0n) is 11.8. The Kier molecular flexibility index (Phi) is 3.70. The lowest BCUT2D eigenvalue weighted by molar-refractivity contribution is -0.0227. The van der Waals surface area contributed by atoms with Crippen LogP contribution in [0.2, 0.25) is 0 Å². The molecule has 110 valence electrons.